The molecule has 1 aliphatic rings. The molecule has 1 aromatic carbocycles. The standard InChI is InChI=1S/C17H25NO2S/c1-3-13-6-4-5-7-15(13)20-11-12-8-9-16(19-2)14(10-12)17(18)21/h8-10,13,15H,3-7,11H2,1-2H3,(H2,18,21). The summed E-state index contributed by atoms with van der Waals surface area (Å²) in [7, 11) is 1.63. The molecule has 0 aromatic heterocycles. The second kappa shape index (κ2) is 7.76. The monoisotopic (exact) mass is 307 g/mol. The third-order valence-electron chi connectivity index (χ3n) is 4.36. The Kier molecular flexibility index (Phi) is 6.00. The van der Waals surface area contributed by atoms with Gasteiger partial charge in [0.1, 0.15) is 10.7 Å². The molecular weight excluding hydrogens is 282 g/mol. The zero-order chi connectivity index (χ0) is 15.2. The number of thiocarbonyl (C=S) groups is 1. The first-order valence-corrected chi connectivity index (χ1v) is 8.14. The molecule has 0 saturated heterocycles. The SMILES string of the molecule is CCC1CCCCC1OCc1ccc(OC)c(C(N)=S)c1. The van der Waals surface area contributed by atoms with Crippen molar-refractivity contribution in [3.8, 4) is 5.75 Å². The van der Waals surface area contributed by atoms with Crippen molar-refractivity contribution in [1.29, 1.82) is 0 Å². The first-order valence-electron chi connectivity index (χ1n) is 7.74. The highest BCUT2D eigenvalue weighted by Crippen LogP contribution is 2.30. The number of hydrogen-bond acceptors (Lipinski definition) is 3. The van der Waals surface area contributed by atoms with Crippen LogP contribution in [0.15, 0.2) is 18.2 Å². The number of ether oxygens (including phenoxy) is 2. The Morgan fingerprint density at radius 3 is 2.76 bits per heavy atom. The smallest absolute Gasteiger partial charge is 0.129 e. The quantitative estimate of drug-likeness (QED) is 0.812. The lowest BCUT2D eigenvalue weighted by atomic mass is 9.85. The highest BCUT2D eigenvalue weighted by molar-refractivity contribution is 7.80. The van der Waals surface area contributed by atoms with Crippen LogP contribution in [0.3, 0.4) is 0 Å². The summed E-state index contributed by atoms with van der Waals surface area (Å²) in [4.78, 5) is 0.359. The van der Waals surface area contributed by atoms with Crippen LogP contribution < -0.4 is 10.5 Å². The van der Waals surface area contributed by atoms with Gasteiger partial charge in [0.25, 0.3) is 0 Å². The third kappa shape index (κ3) is 4.17. The summed E-state index contributed by atoms with van der Waals surface area (Å²) in [5.74, 6) is 1.42. The summed E-state index contributed by atoms with van der Waals surface area (Å²) in [5.41, 5.74) is 7.63. The van der Waals surface area contributed by atoms with E-state index in [2.05, 4.69) is 6.92 Å². The molecule has 2 atom stereocenters. The molecule has 1 saturated carbocycles. The largest absolute Gasteiger partial charge is 0.496 e. The second-order valence-corrected chi connectivity index (χ2v) is 6.14. The van der Waals surface area contributed by atoms with Crippen molar-refractivity contribution in [1.82, 2.24) is 0 Å². The minimum absolute atomic E-state index is 0.359. The zero-order valence-electron chi connectivity index (χ0n) is 12.9. The van der Waals surface area contributed by atoms with E-state index in [0.29, 0.717) is 23.6 Å². The average molecular weight is 307 g/mol. The van der Waals surface area contributed by atoms with Crippen molar-refractivity contribution in [3.63, 3.8) is 0 Å². The highest BCUT2D eigenvalue weighted by atomic mass is 32.1. The summed E-state index contributed by atoms with van der Waals surface area (Å²) >= 11 is 5.08. The zero-order valence-corrected chi connectivity index (χ0v) is 13.7. The molecule has 21 heavy (non-hydrogen) atoms. The van der Waals surface area contributed by atoms with E-state index in [1.54, 1.807) is 7.11 Å². The van der Waals surface area contributed by atoms with Crippen molar-refractivity contribution in [2.45, 2.75) is 51.7 Å². The summed E-state index contributed by atoms with van der Waals surface area (Å²) < 4.78 is 11.4. The average Bonchev–Trinajstić information content (AvgIpc) is 2.52. The summed E-state index contributed by atoms with van der Waals surface area (Å²) in [6, 6.07) is 5.90. The van der Waals surface area contributed by atoms with Crippen LogP contribution >= 0.6 is 12.2 Å². The van der Waals surface area contributed by atoms with E-state index >= 15 is 0 Å². The van der Waals surface area contributed by atoms with E-state index in [1.165, 1.54) is 32.1 Å². The lowest BCUT2D eigenvalue weighted by Crippen LogP contribution is -2.27. The molecule has 0 amide bonds. The van der Waals surface area contributed by atoms with Gasteiger partial charge in [-0.25, -0.2) is 0 Å². The molecule has 0 spiro atoms. The van der Waals surface area contributed by atoms with Gasteiger partial charge in [0, 0.05) is 0 Å². The fraction of sp³-hybridized carbons (Fsp3) is 0.588. The molecule has 0 radical (unpaired) electrons. The predicted octanol–water partition coefficient (Wildman–Crippen LogP) is 3.81. The molecule has 1 fully saturated rings. The van der Waals surface area contributed by atoms with E-state index in [0.717, 1.165) is 16.9 Å². The van der Waals surface area contributed by atoms with E-state index in [-0.39, 0.29) is 0 Å². The Morgan fingerprint density at radius 2 is 2.10 bits per heavy atom. The molecular formula is C17H25NO2S. The summed E-state index contributed by atoms with van der Waals surface area (Å²) in [5, 5.41) is 0. The van der Waals surface area contributed by atoms with Crippen LogP contribution in [0.5, 0.6) is 5.75 Å². The minimum atomic E-state index is 0.359. The van der Waals surface area contributed by atoms with Gasteiger partial charge in [-0.1, -0.05) is 44.5 Å². The maximum Gasteiger partial charge on any atom is 0.129 e. The van der Waals surface area contributed by atoms with E-state index in [9.17, 15) is 0 Å². The molecule has 0 aliphatic heterocycles. The lowest BCUT2D eigenvalue weighted by molar-refractivity contribution is -0.0222. The van der Waals surface area contributed by atoms with Crippen LogP contribution in [0.4, 0.5) is 0 Å². The van der Waals surface area contributed by atoms with Gasteiger partial charge >= 0.3 is 0 Å². The van der Waals surface area contributed by atoms with Crippen LogP contribution in [-0.2, 0) is 11.3 Å². The second-order valence-electron chi connectivity index (χ2n) is 5.70. The molecule has 1 aliphatic carbocycles. The van der Waals surface area contributed by atoms with E-state index in [4.69, 9.17) is 27.4 Å². The Balaban J connectivity index is 2.02. The van der Waals surface area contributed by atoms with Crippen LogP contribution in [0.2, 0.25) is 0 Å². The number of hydrogen-bond donors (Lipinski definition) is 1. The van der Waals surface area contributed by atoms with Crippen LogP contribution in [0.1, 0.15) is 50.2 Å². The van der Waals surface area contributed by atoms with Crippen molar-refractivity contribution in [2.24, 2.45) is 11.7 Å². The lowest BCUT2D eigenvalue weighted by Gasteiger charge is -2.30. The molecule has 4 heteroatoms. The molecule has 3 nitrogen and oxygen atoms in total. The van der Waals surface area contributed by atoms with Crippen LogP contribution in [0.25, 0.3) is 0 Å². The van der Waals surface area contributed by atoms with Gasteiger partial charge in [0.15, 0.2) is 0 Å². The van der Waals surface area contributed by atoms with Gasteiger partial charge in [-0.05, 0) is 36.5 Å². The molecule has 116 valence electrons. The fourth-order valence-electron chi connectivity index (χ4n) is 3.10. The Hall–Kier alpha value is -1.13. The van der Waals surface area contributed by atoms with Crippen molar-refractivity contribution >= 4 is 17.2 Å². The molecule has 2 N–H and O–H groups in total. The van der Waals surface area contributed by atoms with Gasteiger partial charge in [-0.15, -0.1) is 0 Å². The number of rotatable bonds is 6. The van der Waals surface area contributed by atoms with Crippen molar-refractivity contribution < 1.29 is 9.47 Å². The number of benzene rings is 1. The molecule has 0 bridgehead atoms. The Morgan fingerprint density at radius 1 is 1.33 bits per heavy atom. The van der Waals surface area contributed by atoms with Gasteiger partial charge in [0.2, 0.25) is 0 Å². The summed E-state index contributed by atoms with van der Waals surface area (Å²) in [6.45, 7) is 2.87. The van der Waals surface area contributed by atoms with Gasteiger partial charge < -0.3 is 15.2 Å². The van der Waals surface area contributed by atoms with Crippen molar-refractivity contribution in [3.05, 3.63) is 29.3 Å². The fourth-order valence-corrected chi connectivity index (χ4v) is 3.26. The summed E-state index contributed by atoms with van der Waals surface area (Å²) in [6.07, 6.45) is 6.68. The molecule has 0 heterocycles. The van der Waals surface area contributed by atoms with Crippen LogP contribution in [-0.4, -0.2) is 18.2 Å². The van der Waals surface area contributed by atoms with Gasteiger partial charge in [-0.2, -0.15) is 0 Å². The molecule has 2 unspecified atom stereocenters. The maximum absolute atomic E-state index is 6.16. The predicted molar refractivity (Wildman–Crippen MR) is 89.7 cm³/mol. The number of nitrogens with two attached hydrogens (primary N) is 1. The van der Waals surface area contributed by atoms with Crippen molar-refractivity contribution in [2.75, 3.05) is 7.11 Å². The maximum atomic E-state index is 6.16. The first kappa shape index (κ1) is 16.2. The Bertz CT molecular complexity index is 490. The highest BCUT2D eigenvalue weighted by Gasteiger charge is 2.24. The van der Waals surface area contributed by atoms with Gasteiger partial charge in [0.05, 0.1) is 25.4 Å². The van der Waals surface area contributed by atoms with E-state index < -0.39 is 0 Å². The van der Waals surface area contributed by atoms with Gasteiger partial charge in [-0.3, -0.25) is 0 Å². The van der Waals surface area contributed by atoms with E-state index in [1.807, 2.05) is 18.2 Å². The normalized spacial score (nSPS) is 22.0. The Labute approximate surface area is 132 Å². The minimum Gasteiger partial charge on any atom is -0.496 e. The van der Waals surface area contributed by atoms with Crippen LogP contribution in [0, 0.1) is 5.92 Å². The number of methoxy groups -OCH3 is 1. The third-order valence-corrected chi connectivity index (χ3v) is 4.58. The molecule has 1 aromatic rings. The first-order chi connectivity index (χ1) is 10.2. The molecule has 2 rings (SSSR count). The topological polar surface area (TPSA) is 44.5 Å².